The highest BCUT2D eigenvalue weighted by Gasteiger charge is 2.18. The standard InChI is InChI=1S/C15H11BrN2O2.C14H9BrN2O2.BBr3/c1-20-13-6-5-10(16)8-11(13)15-12(9-19)18-7-3-2-4-14(18)17-15;15-9-4-5-12(19)10(7-9)14-11(8-18)17-6-2-1-3-13(17)16-14;2-1(3)4/h2-9H,1H3;1-8,19H;. The Balaban J connectivity index is 0.000000176. The average molecular weight is 899 g/mol. The lowest BCUT2D eigenvalue weighted by Gasteiger charge is -2.07. The smallest absolute Gasteiger partial charge is 0.369 e. The lowest BCUT2D eigenvalue weighted by molar-refractivity contribution is 0.111. The number of carbonyl (C=O) groups is 2. The molecule has 0 saturated heterocycles. The molecule has 0 unspecified atom stereocenters. The Morgan fingerprint density at radius 2 is 1.21 bits per heavy atom. The minimum atomic E-state index is 0.0923. The molecule has 0 aliphatic carbocycles. The lowest BCUT2D eigenvalue weighted by atomic mass is 10.1. The maximum Gasteiger partial charge on any atom is 0.369 e. The van der Waals surface area contributed by atoms with Crippen LogP contribution in [0.1, 0.15) is 21.0 Å². The molecular weight excluding hydrogens is 879 g/mol. The van der Waals surface area contributed by atoms with Crippen molar-refractivity contribution >= 4 is 106 Å². The van der Waals surface area contributed by atoms with Gasteiger partial charge in [-0.2, -0.15) is 0 Å². The van der Waals surface area contributed by atoms with Crippen LogP contribution in [0.4, 0.5) is 0 Å². The van der Waals surface area contributed by atoms with Gasteiger partial charge >= 0.3 is 3.18 Å². The van der Waals surface area contributed by atoms with E-state index in [-0.39, 0.29) is 8.93 Å². The average Bonchev–Trinajstić information content (AvgIpc) is 3.56. The van der Waals surface area contributed by atoms with E-state index in [1.165, 1.54) is 0 Å². The summed E-state index contributed by atoms with van der Waals surface area (Å²) in [6.45, 7) is 0. The number of rotatable bonds is 5. The fraction of sp³-hybridized carbons (Fsp3) is 0.0345. The van der Waals surface area contributed by atoms with Crippen molar-refractivity contribution in [3.63, 3.8) is 0 Å². The Morgan fingerprint density at radius 1 is 0.744 bits per heavy atom. The van der Waals surface area contributed by atoms with Crippen molar-refractivity contribution in [3.05, 3.63) is 106 Å². The van der Waals surface area contributed by atoms with Gasteiger partial charge in [0.2, 0.25) is 0 Å². The fourth-order valence-corrected chi connectivity index (χ4v) is 4.94. The van der Waals surface area contributed by atoms with Gasteiger partial charge in [-0.1, -0.05) is 44.0 Å². The summed E-state index contributed by atoms with van der Waals surface area (Å²) in [5.41, 5.74) is 4.73. The van der Waals surface area contributed by atoms with Crippen molar-refractivity contribution in [3.8, 4) is 34.0 Å². The molecule has 0 aliphatic heterocycles. The third-order valence-electron chi connectivity index (χ3n) is 5.99. The molecule has 1 N–H and O–H groups in total. The van der Waals surface area contributed by atoms with E-state index < -0.39 is 0 Å². The number of halogens is 5. The highest BCUT2D eigenvalue weighted by Crippen LogP contribution is 2.35. The molecule has 43 heavy (non-hydrogen) atoms. The SMILES string of the molecule is BrB(Br)Br.COc1ccc(Br)cc1-c1nc2ccccn2c1C=O.O=Cc1c(-c2cc(Br)ccc2O)nc2ccccn12. The van der Waals surface area contributed by atoms with Gasteiger partial charge in [0.15, 0.2) is 12.6 Å². The van der Waals surface area contributed by atoms with Gasteiger partial charge in [-0.3, -0.25) is 18.4 Å². The molecule has 4 aromatic heterocycles. The topological polar surface area (TPSA) is 98.2 Å². The van der Waals surface area contributed by atoms with Crippen LogP contribution in [0, 0.1) is 0 Å². The molecule has 6 aromatic rings. The van der Waals surface area contributed by atoms with Gasteiger partial charge in [0, 0.05) is 32.5 Å². The molecule has 0 amide bonds. The monoisotopic (exact) mass is 894 g/mol. The molecule has 0 aliphatic rings. The fourth-order valence-electron chi connectivity index (χ4n) is 4.21. The Morgan fingerprint density at radius 3 is 1.70 bits per heavy atom. The van der Waals surface area contributed by atoms with Crippen LogP contribution in [-0.4, -0.2) is 46.7 Å². The predicted molar refractivity (Wildman–Crippen MR) is 188 cm³/mol. The highest BCUT2D eigenvalue weighted by molar-refractivity contribution is 9.69. The number of carbonyl (C=O) groups excluding carboxylic acids is 2. The molecular formula is C29H20BBr5N4O4. The Hall–Kier alpha value is -2.78. The summed E-state index contributed by atoms with van der Waals surface area (Å²) in [5.74, 6) is 0.773. The Labute approximate surface area is 288 Å². The maximum atomic E-state index is 11.4. The maximum absolute atomic E-state index is 11.4. The summed E-state index contributed by atoms with van der Waals surface area (Å²) in [5, 5.41) is 9.95. The molecule has 8 nitrogen and oxygen atoms in total. The van der Waals surface area contributed by atoms with Crippen LogP contribution in [0.15, 0.2) is 94.1 Å². The van der Waals surface area contributed by atoms with E-state index in [2.05, 4.69) is 89.1 Å². The van der Waals surface area contributed by atoms with Crippen LogP contribution in [-0.2, 0) is 0 Å². The summed E-state index contributed by atoms with van der Waals surface area (Å²) in [7, 11) is 1.60. The second-order valence-electron chi connectivity index (χ2n) is 8.54. The minimum Gasteiger partial charge on any atom is -0.507 e. The summed E-state index contributed by atoms with van der Waals surface area (Å²) < 4.78 is 10.8. The lowest BCUT2D eigenvalue weighted by Crippen LogP contribution is -1.94. The molecule has 0 spiro atoms. The summed E-state index contributed by atoms with van der Waals surface area (Å²) in [6, 6.07) is 21.8. The van der Waals surface area contributed by atoms with E-state index >= 15 is 0 Å². The Kier molecular flexibility index (Phi) is 11.8. The van der Waals surface area contributed by atoms with Gasteiger partial charge in [-0.05, 0) is 60.7 Å². The number of fused-ring (bicyclic) bond motifs is 2. The van der Waals surface area contributed by atoms with Gasteiger partial charge in [0.05, 0.1) is 7.11 Å². The summed E-state index contributed by atoms with van der Waals surface area (Å²) >= 11 is 16.1. The van der Waals surface area contributed by atoms with E-state index in [0.29, 0.717) is 39.7 Å². The number of imidazole rings is 2. The normalized spacial score (nSPS) is 10.4. The van der Waals surface area contributed by atoms with Crippen molar-refractivity contribution in [2.75, 3.05) is 7.11 Å². The van der Waals surface area contributed by atoms with E-state index in [4.69, 9.17) is 4.74 Å². The molecule has 0 radical (unpaired) electrons. The minimum absolute atomic E-state index is 0.0923. The van der Waals surface area contributed by atoms with Gasteiger partial charge < -0.3 is 9.84 Å². The first-order valence-corrected chi connectivity index (χ1v) is 16.6. The van der Waals surface area contributed by atoms with E-state index in [1.54, 1.807) is 40.3 Å². The van der Waals surface area contributed by atoms with Crippen LogP contribution >= 0.6 is 79.1 Å². The molecule has 218 valence electrons. The van der Waals surface area contributed by atoms with Crippen LogP contribution in [0.5, 0.6) is 11.5 Å². The van der Waals surface area contributed by atoms with Gasteiger partial charge in [0.25, 0.3) is 0 Å². The van der Waals surface area contributed by atoms with E-state index in [1.807, 2.05) is 60.8 Å². The molecule has 0 saturated carbocycles. The quantitative estimate of drug-likeness (QED) is 0.137. The van der Waals surface area contributed by atoms with Crippen LogP contribution in [0.3, 0.4) is 0 Å². The third kappa shape index (κ3) is 7.85. The predicted octanol–water partition coefficient (Wildman–Crippen LogP) is 9.02. The van der Waals surface area contributed by atoms with Crippen LogP contribution < -0.4 is 4.74 Å². The first-order chi connectivity index (χ1) is 20.7. The van der Waals surface area contributed by atoms with Crippen molar-refractivity contribution in [1.29, 1.82) is 0 Å². The van der Waals surface area contributed by atoms with Gasteiger partial charge in [-0.15, -0.1) is 47.3 Å². The first-order valence-electron chi connectivity index (χ1n) is 12.3. The molecule has 0 bridgehead atoms. The number of phenolic OH excluding ortho intramolecular Hbond substituents is 1. The van der Waals surface area contributed by atoms with Crippen molar-refractivity contribution in [1.82, 2.24) is 18.8 Å². The molecule has 2 aromatic carbocycles. The largest absolute Gasteiger partial charge is 0.507 e. The van der Waals surface area contributed by atoms with E-state index in [0.717, 1.165) is 32.7 Å². The molecule has 4 heterocycles. The van der Waals surface area contributed by atoms with Gasteiger partial charge in [0.1, 0.15) is 45.6 Å². The van der Waals surface area contributed by atoms with E-state index in [9.17, 15) is 14.7 Å². The number of hydrogen-bond donors (Lipinski definition) is 1. The number of hydrogen-bond acceptors (Lipinski definition) is 6. The number of methoxy groups -OCH3 is 1. The molecule has 14 heteroatoms. The summed E-state index contributed by atoms with van der Waals surface area (Å²) in [6.07, 6.45) is 5.15. The number of aromatic hydroxyl groups is 1. The van der Waals surface area contributed by atoms with Crippen molar-refractivity contribution in [2.45, 2.75) is 0 Å². The van der Waals surface area contributed by atoms with Gasteiger partial charge in [-0.25, -0.2) is 9.97 Å². The van der Waals surface area contributed by atoms with Crippen molar-refractivity contribution < 1.29 is 19.4 Å². The molecule has 6 rings (SSSR count). The second kappa shape index (κ2) is 15.3. The van der Waals surface area contributed by atoms with Crippen LogP contribution in [0.25, 0.3) is 33.8 Å². The number of nitrogens with zero attached hydrogens (tertiary/aromatic N) is 4. The number of benzene rings is 2. The first kappa shape index (κ1) is 33.1. The number of phenols is 1. The number of aromatic nitrogens is 4. The summed E-state index contributed by atoms with van der Waals surface area (Å²) in [4.78, 5) is 31.7. The number of ether oxygens (including phenoxy) is 1. The zero-order valence-corrected chi connectivity index (χ0v) is 30.1. The zero-order chi connectivity index (χ0) is 31.1. The van der Waals surface area contributed by atoms with Crippen molar-refractivity contribution in [2.24, 2.45) is 0 Å². The Bertz CT molecular complexity index is 1910. The molecule has 0 fully saturated rings. The number of aldehydes is 2. The second-order valence-corrected chi connectivity index (χ2v) is 16.8. The highest BCUT2D eigenvalue weighted by atomic mass is 79.9. The zero-order valence-electron chi connectivity index (χ0n) is 22.2. The number of pyridine rings is 2. The van der Waals surface area contributed by atoms with Crippen LogP contribution in [0.2, 0.25) is 0 Å². The third-order valence-corrected chi connectivity index (χ3v) is 6.97. The molecule has 0 atom stereocenters.